The lowest BCUT2D eigenvalue weighted by Crippen LogP contribution is -2.56. The molecule has 1 aliphatic carbocycles. The molecule has 222 valence electrons. The molecular formula is C31H29ClF2N6O3. The SMILES string of the molecule is CN(C)c1cccc(N(C(=O)[C@@H]2CCC(=O)N2c2cc(C#N)ccn2)[C@H](C(=O)NC2CC(F)(F)C2)c2ccccc2Cl)c1. The summed E-state index contributed by atoms with van der Waals surface area (Å²) in [7, 11) is 3.65. The third-order valence-electron chi connectivity index (χ3n) is 7.62. The molecule has 0 bridgehead atoms. The molecule has 1 aliphatic heterocycles. The Kier molecular flexibility index (Phi) is 8.33. The van der Waals surface area contributed by atoms with E-state index in [0.717, 1.165) is 5.69 Å². The minimum Gasteiger partial charge on any atom is -0.378 e. The highest BCUT2D eigenvalue weighted by atomic mass is 35.5. The zero-order valence-corrected chi connectivity index (χ0v) is 24.3. The van der Waals surface area contributed by atoms with Gasteiger partial charge in [0, 0.05) is 67.6 Å². The molecule has 9 nitrogen and oxygen atoms in total. The van der Waals surface area contributed by atoms with E-state index in [4.69, 9.17) is 11.6 Å². The van der Waals surface area contributed by atoms with Crippen LogP contribution in [0.1, 0.15) is 42.9 Å². The first-order valence-corrected chi connectivity index (χ1v) is 14.1. The molecule has 12 heteroatoms. The first-order chi connectivity index (χ1) is 20.5. The van der Waals surface area contributed by atoms with Crippen molar-refractivity contribution in [3.63, 3.8) is 0 Å². The van der Waals surface area contributed by atoms with E-state index >= 15 is 0 Å². The number of hydrogen-bond donors (Lipinski definition) is 1. The van der Waals surface area contributed by atoms with E-state index in [2.05, 4.69) is 10.3 Å². The number of anilines is 3. The number of rotatable bonds is 8. The number of carbonyl (C=O) groups excluding carboxylic acids is 3. The van der Waals surface area contributed by atoms with Gasteiger partial charge in [0.2, 0.25) is 11.8 Å². The average molecular weight is 607 g/mol. The van der Waals surface area contributed by atoms with Gasteiger partial charge in [-0.15, -0.1) is 0 Å². The fourth-order valence-corrected chi connectivity index (χ4v) is 5.69. The van der Waals surface area contributed by atoms with Gasteiger partial charge in [0.1, 0.15) is 17.9 Å². The van der Waals surface area contributed by atoms with Crippen LogP contribution in [0.15, 0.2) is 66.9 Å². The van der Waals surface area contributed by atoms with Crippen LogP contribution in [-0.2, 0) is 14.4 Å². The van der Waals surface area contributed by atoms with Crippen LogP contribution in [0.3, 0.4) is 0 Å². The minimum atomic E-state index is -2.87. The molecule has 1 N–H and O–H groups in total. The number of pyridine rings is 1. The summed E-state index contributed by atoms with van der Waals surface area (Å²) in [6.07, 6.45) is 0.535. The van der Waals surface area contributed by atoms with Crippen LogP contribution in [0, 0.1) is 11.3 Å². The van der Waals surface area contributed by atoms with Crippen molar-refractivity contribution < 1.29 is 23.2 Å². The van der Waals surface area contributed by atoms with Gasteiger partial charge in [0.05, 0.1) is 11.6 Å². The number of nitrogens with zero attached hydrogens (tertiary/aromatic N) is 5. The van der Waals surface area contributed by atoms with Gasteiger partial charge in [-0.05, 0) is 42.8 Å². The van der Waals surface area contributed by atoms with E-state index in [-0.39, 0.29) is 40.7 Å². The summed E-state index contributed by atoms with van der Waals surface area (Å²) >= 11 is 6.60. The molecule has 3 amide bonds. The summed E-state index contributed by atoms with van der Waals surface area (Å²) in [5.41, 5.74) is 1.62. The zero-order valence-electron chi connectivity index (χ0n) is 23.5. The Bertz CT molecular complexity index is 1600. The number of nitriles is 1. The summed E-state index contributed by atoms with van der Waals surface area (Å²) in [6, 6.07) is 15.2. The second kappa shape index (κ2) is 12.0. The molecule has 2 aromatic carbocycles. The maximum Gasteiger partial charge on any atom is 0.252 e. The Balaban J connectivity index is 1.63. The van der Waals surface area contributed by atoms with Crippen molar-refractivity contribution in [1.29, 1.82) is 5.26 Å². The second-order valence-corrected chi connectivity index (χ2v) is 11.3. The van der Waals surface area contributed by atoms with E-state index in [1.807, 2.05) is 31.1 Å². The number of nitrogens with one attached hydrogen (secondary N) is 1. The number of hydrogen-bond acceptors (Lipinski definition) is 6. The number of halogens is 3. The van der Waals surface area contributed by atoms with Crippen LogP contribution in [0.25, 0.3) is 0 Å². The predicted molar refractivity (Wildman–Crippen MR) is 158 cm³/mol. The standard InChI is InChI=1S/C31H29ClF2N6O3/c1-38(2)21-6-5-7-22(15-21)39(30(43)25-10-11-27(41)40(25)26-14-19(18-35)12-13-36-26)28(23-8-3-4-9-24(23)32)29(42)37-20-16-31(33,34)17-20/h3-9,12-15,20,25,28H,10-11,16-17H2,1-2H3,(H,37,42)/t25-,28-/m0/s1. The Morgan fingerprint density at radius 1 is 1.12 bits per heavy atom. The Labute approximate surface area is 252 Å². The lowest BCUT2D eigenvalue weighted by molar-refractivity contribution is -0.133. The minimum absolute atomic E-state index is 0.0422. The third-order valence-corrected chi connectivity index (χ3v) is 7.97. The largest absolute Gasteiger partial charge is 0.378 e. The Hall–Kier alpha value is -4.56. The molecule has 2 atom stereocenters. The van der Waals surface area contributed by atoms with Crippen LogP contribution in [0.5, 0.6) is 0 Å². The topological polar surface area (TPSA) is 110 Å². The molecule has 1 saturated heterocycles. The molecule has 0 unspecified atom stereocenters. The number of amides is 3. The Morgan fingerprint density at radius 2 is 1.84 bits per heavy atom. The van der Waals surface area contributed by atoms with Gasteiger partial charge >= 0.3 is 0 Å². The smallest absolute Gasteiger partial charge is 0.252 e. The molecular weight excluding hydrogens is 578 g/mol. The van der Waals surface area contributed by atoms with Gasteiger partial charge in [-0.3, -0.25) is 24.2 Å². The quantitative estimate of drug-likeness (QED) is 0.392. The molecule has 0 radical (unpaired) electrons. The monoisotopic (exact) mass is 606 g/mol. The molecule has 0 spiro atoms. The number of carbonyl (C=O) groups is 3. The van der Waals surface area contributed by atoms with E-state index in [1.165, 1.54) is 28.1 Å². The van der Waals surface area contributed by atoms with Crippen LogP contribution in [0.4, 0.5) is 26.0 Å². The molecule has 2 aliphatic rings. The first kappa shape index (κ1) is 29.9. The van der Waals surface area contributed by atoms with Gasteiger partial charge < -0.3 is 10.2 Å². The highest BCUT2D eigenvalue weighted by Crippen LogP contribution is 2.40. The van der Waals surface area contributed by atoms with Crippen molar-refractivity contribution in [1.82, 2.24) is 10.3 Å². The van der Waals surface area contributed by atoms with Gasteiger partial charge in [0.15, 0.2) is 0 Å². The van der Waals surface area contributed by atoms with E-state index < -0.39 is 48.7 Å². The fraction of sp³-hybridized carbons (Fsp3) is 0.323. The maximum atomic E-state index is 14.7. The highest BCUT2D eigenvalue weighted by Gasteiger charge is 2.48. The van der Waals surface area contributed by atoms with Crippen LogP contribution < -0.4 is 20.0 Å². The number of benzene rings is 2. The summed E-state index contributed by atoms with van der Waals surface area (Å²) in [5.74, 6) is -4.37. The van der Waals surface area contributed by atoms with E-state index in [9.17, 15) is 28.4 Å². The van der Waals surface area contributed by atoms with Crippen molar-refractivity contribution in [2.24, 2.45) is 0 Å². The van der Waals surface area contributed by atoms with Crippen LogP contribution >= 0.6 is 11.6 Å². The highest BCUT2D eigenvalue weighted by molar-refractivity contribution is 6.31. The van der Waals surface area contributed by atoms with Gasteiger partial charge in [-0.1, -0.05) is 35.9 Å². The van der Waals surface area contributed by atoms with Crippen LogP contribution in [0.2, 0.25) is 5.02 Å². The molecule has 1 aromatic heterocycles. The Morgan fingerprint density at radius 3 is 2.51 bits per heavy atom. The van der Waals surface area contributed by atoms with Crippen molar-refractivity contribution in [3.05, 3.63) is 83.0 Å². The lowest BCUT2D eigenvalue weighted by Gasteiger charge is -2.39. The van der Waals surface area contributed by atoms with Crippen molar-refractivity contribution in [3.8, 4) is 6.07 Å². The molecule has 43 heavy (non-hydrogen) atoms. The number of alkyl halides is 2. The van der Waals surface area contributed by atoms with Gasteiger partial charge in [0.25, 0.3) is 11.8 Å². The number of aromatic nitrogens is 1. The molecule has 3 aromatic rings. The second-order valence-electron chi connectivity index (χ2n) is 10.8. The molecule has 2 heterocycles. The zero-order chi connectivity index (χ0) is 30.9. The van der Waals surface area contributed by atoms with Crippen LogP contribution in [-0.4, -0.2) is 54.8 Å². The predicted octanol–water partition coefficient (Wildman–Crippen LogP) is 4.86. The summed E-state index contributed by atoms with van der Waals surface area (Å²) < 4.78 is 27.4. The normalized spacial score (nSPS) is 18.4. The molecule has 5 rings (SSSR count). The van der Waals surface area contributed by atoms with E-state index in [0.29, 0.717) is 5.69 Å². The van der Waals surface area contributed by atoms with Crippen molar-refractivity contribution >= 4 is 46.5 Å². The third kappa shape index (κ3) is 6.15. The summed E-state index contributed by atoms with van der Waals surface area (Å²) in [5, 5.41) is 12.3. The maximum absolute atomic E-state index is 14.7. The summed E-state index contributed by atoms with van der Waals surface area (Å²) in [6.45, 7) is 0. The molecule has 2 fully saturated rings. The van der Waals surface area contributed by atoms with Gasteiger partial charge in [-0.2, -0.15) is 5.26 Å². The van der Waals surface area contributed by atoms with Crippen molar-refractivity contribution in [2.75, 3.05) is 28.8 Å². The fourth-order valence-electron chi connectivity index (χ4n) is 5.45. The lowest BCUT2D eigenvalue weighted by atomic mass is 9.87. The first-order valence-electron chi connectivity index (χ1n) is 13.7. The average Bonchev–Trinajstić information content (AvgIpc) is 3.36. The summed E-state index contributed by atoms with van der Waals surface area (Å²) in [4.78, 5) is 50.5. The molecule has 1 saturated carbocycles. The van der Waals surface area contributed by atoms with Gasteiger partial charge in [-0.25, -0.2) is 13.8 Å². The van der Waals surface area contributed by atoms with E-state index in [1.54, 1.807) is 42.5 Å². The van der Waals surface area contributed by atoms with Crippen molar-refractivity contribution in [2.45, 2.75) is 49.7 Å².